The van der Waals surface area contributed by atoms with E-state index in [2.05, 4.69) is 21.9 Å². The van der Waals surface area contributed by atoms with Crippen LogP contribution in [0.5, 0.6) is 17.2 Å². The molecule has 4 aliphatic rings. The van der Waals surface area contributed by atoms with Crippen molar-refractivity contribution in [3.8, 4) is 17.2 Å². The number of methoxy groups -OCH3 is 1. The van der Waals surface area contributed by atoms with Gasteiger partial charge in [0.25, 0.3) is 0 Å². The van der Waals surface area contributed by atoms with Crippen molar-refractivity contribution in [2.45, 2.75) is 45.1 Å². The zero-order valence-electron chi connectivity index (χ0n) is 16.5. The Morgan fingerprint density at radius 3 is 2.78 bits per heavy atom. The molecule has 0 bridgehead atoms. The van der Waals surface area contributed by atoms with Crippen LogP contribution in [-0.2, 0) is 6.54 Å². The van der Waals surface area contributed by atoms with Gasteiger partial charge in [-0.2, -0.15) is 0 Å². The number of rotatable bonds is 5. The maximum Gasteiger partial charge on any atom is 0.231 e. The van der Waals surface area contributed by atoms with Gasteiger partial charge in [-0.1, -0.05) is 6.42 Å². The molecule has 2 saturated heterocycles. The van der Waals surface area contributed by atoms with Crippen LogP contribution in [-0.4, -0.2) is 56.4 Å². The molecule has 1 atom stereocenters. The summed E-state index contributed by atoms with van der Waals surface area (Å²) >= 11 is 0. The van der Waals surface area contributed by atoms with E-state index in [1.54, 1.807) is 7.11 Å². The van der Waals surface area contributed by atoms with Gasteiger partial charge in [-0.15, -0.1) is 0 Å². The van der Waals surface area contributed by atoms with Crippen LogP contribution in [0.1, 0.15) is 44.1 Å². The first-order chi connectivity index (χ1) is 13.2. The Hall–Kier alpha value is -1.46. The molecule has 0 radical (unpaired) electrons. The van der Waals surface area contributed by atoms with Crippen LogP contribution in [0, 0.1) is 11.3 Å². The summed E-state index contributed by atoms with van der Waals surface area (Å²) in [7, 11) is 1.70. The third-order valence-corrected chi connectivity index (χ3v) is 7.12. The number of piperidine rings is 1. The second kappa shape index (κ2) is 7.17. The van der Waals surface area contributed by atoms with E-state index < -0.39 is 0 Å². The fourth-order valence-electron chi connectivity index (χ4n) is 5.54. The van der Waals surface area contributed by atoms with Crippen LogP contribution in [0.2, 0.25) is 0 Å². The Morgan fingerprint density at radius 1 is 1.07 bits per heavy atom. The Kier molecular flexibility index (Phi) is 4.68. The minimum absolute atomic E-state index is 0.290. The number of benzene rings is 1. The lowest BCUT2D eigenvalue weighted by Gasteiger charge is -2.43. The van der Waals surface area contributed by atoms with Crippen LogP contribution in [0.4, 0.5) is 0 Å². The Labute approximate surface area is 162 Å². The van der Waals surface area contributed by atoms with Crippen LogP contribution >= 0.6 is 0 Å². The molecule has 1 spiro atoms. The maximum absolute atomic E-state index is 5.60. The normalized spacial score (nSPS) is 28.6. The third-order valence-electron chi connectivity index (χ3n) is 7.12. The zero-order chi connectivity index (χ0) is 18.3. The lowest BCUT2D eigenvalue weighted by Crippen LogP contribution is -2.47. The van der Waals surface area contributed by atoms with Gasteiger partial charge in [0.15, 0.2) is 11.5 Å². The van der Waals surface area contributed by atoms with E-state index in [0.29, 0.717) is 12.2 Å². The molecule has 1 saturated carbocycles. The molecule has 148 valence electrons. The van der Waals surface area contributed by atoms with Gasteiger partial charge in [0.1, 0.15) is 0 Å². The lowest BCUT2D eigenvalue weighted by molar-refractivity contribution is 0.0668. The fraction of sp³-hybridized carbons (Fsp3) is 0.727. The summed E-state index contributed by atoms with van der Waals surface area (Å²) in [6, 6.07) is 4.24. The van der Waals surface area contributed by atoms with Gasteiger partial charge < -0.3 is 19.1 Å². The summed E-state index contributed by atoms with van der Waals surface area (Å²) in [5.74, 6) is 3.35. The summed E-state index contributed by atoms with van der Waals surface area (Å²) in [6.07, 6.45) is 8.49. The molecule has 3 aliphatic heterocycles. The summed E-state index contributed by atoms with van der Waals surface area (Å²) in [4.78, 5) is 5.41. The predicted molar refractivity (Wildman–Crippen MR) is 104 cm³/mol. The average Bonchev–Trinajstić information content (AvgIpc) is 3.25. The first kappa shape index (κ1) is 17.6. The molecule has 0 aromatic heterocycles. The second-order valence-electron chi connectivity index (χ2n) is 9.13. The number of hydrogen-bond donors (Lipinski definition) is 0. The zero-order valence-corrected chi connectivity index (χ0v) is 16.5. The Balaban J connectivity index is 1.23. The number of nitrogens with zero attached hydrogens (tertiary/aromatic N) is 2. The van der Waals surface area contributed by atoms with Crippen LogP contribution in [0.25, 0.3) is 0 Å². The van der Waals surface area contributed by atoms with Gasteiger partial charge in [-0.05, 0) is 74.2 Å². The molecule has 0 N–H and O–H groups in total. The van der Waals surface area contributed by atoms with Crippen molar-refractivity contribution in [3.05, 3.63) is 17.7 Å². The molecule has 0 amide bonds. The first-order valence-electron chi connectivity index (χ1n) is 10.6. The highest BCUT2D eigenvalue weighted by Crippen LogP contribution is 2.44. The Bertz CT molecular complexity index is 690. The summed E-state index contributed by atoms with van der Waals surface area (Å²) < 4.78 is 16.6. The standard InChI is InChI=1S/C22H32N2O3/c1-25-19-10-18(11-20-21(19)27-16-26-20)13-24-9-7-22(15-24)6-3-8-23(14-22)12-17-4-2-5-17/h10-11,17H,2-9,12-16H2,1H3. The molecule has 5 nitrogen and oxygen atoms in total. The highest BCUT2D eigenvalue weighted by molar-refractivity contribution is 5.55. The molecule has 3 fully saturated rings. The highest BCUT2D eigenvalue weighted by atomic mass is 16.7. The molecular weight excluding hydrogens is 340 g/mol. The summed E-state index contributed by atoms with van der Waals surface area (Å²) in [5.41, 5.74) is 1.78. The topological polar surface area (TPSA) is 34.2 Å². The van der Waals surface area contributed by atoms with Gasteiger partial charge in [-0.3, -0.25) is 4.90 Å². The van der Waals surface area contributed by atoms with Crippen molar-refractivity contribution < 1.29 is 14.2 Å². The maximum atomic E-state index is 5.60. The van der Waals surface area contributed by atoms with Gasteiger partial charge in [-0.25, -0.2) is 0 Å². The molecule has 1 unspecified atom stereocenters. The molecule has 1 aromatic rings. The van der Waals surface area contributed by atoms with E-state index >= 15 is 0 Å². The number of hydrogen-bond acceptors (Lipinski definition) is 5. The molecule has 1 aliphatic carbocycles. The van der Waals surface area contributed by atoms with Gasteiger partial charge in [0, 0.05) is 26.2 Å². The molecule has 3 heterocycles. The van der Waals surface area contributed by atoms with Gasteiger partial charge in [0.2, 0.25) is 12.5 Å². The summed E-state index contributed by atoms with van der Waals surface area (Å²) in [6.45, 7) is 7.66. The van der Waals surface area contributed by atoms with Crippen molar-refractivity contribution in [1.29, 1.82) is 0 Å². The SMILES string of the molecule is COc1cc(CN2CCC3(CCCN(CC4CCC4)C3)C2)cc2c1OCO2. The van der Waals surface area contributed by atoms with E-state index in [1.807, 2.05) is 0 Å². The van der Waals surface area contributed by atoms with Crippen molar-refractivity contribution >= 4 is 0 Å². The van der Waals surface area contributed by atoms with E-state index in [0.717, 1.165) is 29.7 Å². The van der Waals surface area contributed by atoms with E-state index in [1.165, 1.54) is 76.8 Å². The van der Waals surface area contributed by atoms with E-state index in [-0.39, 0.29) is 0 Å². The molecular formula is C22H32N2O3. The third kappa shape index (κ3) is 3.52. The van der Waals surface area contributed by atoms with Crippen molar-refractivity contribution in [1.82, 2.24) is 9.80 Å². The highest BCUT2D eigenvalue weighted by Gasteiger charge is 2.41. The molecule has 5 heteroatoms. The monoisotopic (exact) mass is 372 g/mol. The average molecular weight is 373 g/mol. The largest absolute Gasteiger partial charge is 0.493 e. The van der Waals surface area contributed by atoms with Crippen molar-refractivity contribution in [3.63, 3.8) is 0 Å². The number of ether oxygens (including phenoxy) is 3. The van der Waals surface area contributed by atoms with E-state index in [9.17, 15) is 0 Å². The van der Waals surface area contributed by atoms with Gasteiger partial charge in [0.05, 0.1) is 7.11 Å². The quantitative estimate of drug-likeness (QED) is 0.790. The lowest BCUT2D eigenvalue weighted by atomic mass is 9.78. The number of fused-ring (bicyclic) bond motifs is 1. The fourth-order valence-corrected chi connectivity index (χ4v) is 5.54. The van der Waals surface area contributed by atoms with Crippen LogP contribution in [0.3, 0.4) is 0 Å². The summed E-state index contributed by atoms with van der Waals surface area (Å²) in [5, 5.41) is 0. The molecule has 27 heavy (non-hydrogen) atoms. The van der Waals surface area contributed by atoms with Gasteiger partial charge >= 0.3 is 0 Å². The number of likely N-dealkylation sites (tertiary alicyclic amines) is 2. The minimum atomic E-state index is 0.290. The minimum Gasteiger partial charge on any atom is -0.493 e. The smallest absolute Gasteiger partial charge is 0.231 e. The predicted octanol–water partition coefficient (Wildman–Crippen LogP) is 3.51. The Morgan fingerprint density at radius 2 is 1.96 bits per heavy atom. The van der Waals surface area contributed by atoms with Crippen molar-refractivity contribution in [2.24, 2.45) is 11.3 Å². The first-order valence-corrected chi connectivity index (χ1v) is 10.6. The van der Waals surface area contributed by atoms with Crippen LogP contribution in [0.15, 0.2) is 12.1 Å². The van der Waals surface area contributed by atoms with Crippen molar-refractivity contribution in [2.75, 3.05) is 46.6 Å². The van der Waals surface area contributed by atoms with Crippen LogP contribution < -0.4 is 14.2 Å². The molecule has 5 rings (SSSR count). The second-order valence-corrected chi connectivity index (χ2v) is 9.13. The molecule has 1 aromatic carbocycles. The van der Waals surface area contributed by atoms with E-state index in [4.69, 9.17) is 14.2 Å².